The van der Waals surface area contributed by atoms with Crippen molar-refractivity contribution in [3.63, 3.8) is 0 Å². The molecule has 2 unspecified atom stereocenters. The Labute approximate surface area is 60.8 Å². The topological polar surface area (TPSA) is 92.5 Å². The van der Waals surface area contributed by atoms with Gasteiger partial charge >= 0.3 is 0 Å². The quantitative estimate of drug-likeness (QED) is 0.376. The van der Waals surface area contributed by atoms with Crippen LogP contribution in [0.1, 0.15) is 20.3 Å². The average Bonchev–Trinajstić information content (AvgIpc) is 1.86. The molecule has 0 aliphatic rings. The van der Waals surface area contributed by atoms with Gasteiger partial charge in [0.2, 0.25) is 0 Å². The molecule has 0 saturated carbocycles. The highest BCUT2D eigenvalue weighted by atomic mass is 16.3. The molecule has 0 aliphatic carbocycles. The second kappa shape index (κ2) is 3.30. The maximum atomic E-state index is 9.36. The lowest BCUT2D eigenvalue weighted by Crippen LogP contribution is -2.58. The Morgan fingerprint density at radius 1 is 1.50 bits per heavy atom. The normalized spacial score (nSPS) is 20.7. The summed E-state index contributed by atoms with van der Waals surface area (Å²) in [5.41, 5.74) is 9.05. The van der Waals surface area contributed by atoms with Crippen LogP contribution < -0.4 is 11.5 Å². The maximum Gasteiger partial charge on any atom is 0.115 e. The van der Waals surface area contributed by atoms with E-state index in [0.29, 0.717) is 6.42 Å². The summed E-state index contributed by atoms with van der Waals surface area (Å²) in [6.45, 7) is 3.17. The summed E-state index contributed by atoms with van der Waals surface area (Å²) in [6, 6.07) is 0. The van der Waals surface area contributed by atoms with Gasteiger partial charge in [-0.25, -0.2) is 0 Å². The zero-order valence-corrected chi connectivity index (χ0v) is 6.41. The van der Waals surface area contributed by atoms with Gasteiger partial charge in [-0.15, -0.1) is 0 Å². The predicted molar refractivity (Wildman–Crippen MR) is 39.1 cm³/mol. The van der Waals surface area contributed by atoms with Gasteiger partial charge in [0.1, 0.15) is 5.60 Å². The van der Waals surface area contributed by atoms with E-state index >= 15 is 0 Å². The molecule has 4 nitrogen and oxygen atoms in total. The predicted octanol–water partition coefficient (Wildman–Crippen LogP) is -1.25. The van der Waals surface area contributed by atoms with Crippen molar-refractivity contribution < 1.29 is 10.2 Å². The SMILES string of the molecule is CCC(O)C(C)(O)C(N)N. The van der Waals surface area contributed by atoms with Crippen LogP contribution in [0.25, 0.3) is 0 Å². The van der Waals surface area contributed by atoms with E-state index in [4.69, 9.17) is 16.6 Å². The first-order chi connectivity index (χ1) is 4.42. The van der Waals surface area contributed by atoms with Crippen LogP contribution in [0.3, 0.4) is 0 Å². The molecule has 0 amide bonds. The van der Waals surface area contributed by atoms with E-state index in [2.05, 4.69) is 0 Å². The van der Waals surface area contributed by atoms with Crippen molar-refractivity contribution in [1.82, 2.24) is 0 Å². The summed E-state index contributed by atoms with van der Waals surface area (Å²) in [7, 11) is 0. The highest BCUT2D eigenvalue weighted by Crippen LogP contribution is 2.13. The molecule has 0 heterocycles. The Balaban J connectivity index is 4.09. The smallest absolute Gasteiger partial charge is 0.115 e. The third-order valence-electron chi connectivity index (χ3n) is 1.74. The standard InChI is InChI=1S/C6H16N2O2/c1-3-4(9)6(2,10)5(7)8/h4-5,9-10H,3,7-8H2,1-2H3. The zero-order chi connectivity index (χ0) is 8.36. The lowest BCUT2D eigenvalue weighted by molar-refractivity contribution is -0.0777. The lowest BCUT2D eigenvalue weighted by Gasteiger charge is -2.31. The van der Waals surface area contributed by atoms with Crippen LogP contribution in [-0.4, -0.2) is 28.1 Å². The van der Waals surface area contributed by atoms with Crippen LogP contribution in [0.4, 0.5) is 0 Å². The van der Waals surface area contributed by atoms with E-state index in [1.807, 2.05) is 0 Å². The monoisotopic (exact) mass is 148 g/mol. The Kier molecular flexibility index (Phi) is 3.24. The second-order valence-electron chi connectivity index (χ2n) is 2.68. The Morgan fingerprint density at radius 2 is 1.90 bits per heavy atom. The molecule has 0 fully saturated rings. The van der Waals surface area contributed by atoms with Gasteiger partial charge < -0.3 is 21.7 Å². The van der Waals surface area contributed by atoms with Gasteiger partial charge in [0.15, 0.2) is 0 Å². The van der Waals surface area contributed by atoms with Crippen LogP contribution in [0.5, 0.6) is 0 Å². The minimum Gasteiger partial charge on any atom is -0.390 e. The van der Waals surface area contributed by atoms with Crippen molar-refractivity contribution in [2.75, 3.05) is 0 Å². The number of hydrogen-bond acceptors (Lipinski definition) is 4. The first-order valence-electron chi connectivity index (χ1n) is 3.34. The van der Waals surface area contributed by atoms with E-state index in [1.54, 1.807) is 6.92 Å². The highest BCUT2D eigenvalue weighted by molar-refractivity contribution is 4.87. The van der Waals surface area contributed by atoms with Crippen molar-refractivity contribution in [3.8, 4) is 0 Å². The summed E-state index contributed by atoms with van der Waals surface area (Å²) >= 11 is 0. The number of aliphatic hydroxyl groups is 2. The molecule has 0 aromatic carbocycles. The summed E-state index contributed by atoms with van der Waals surface area (Å²) in [6.07, 6.45) is -1.31. The lowest BCUT2D eigenvalue weighted by atomic mass is 9.94. The van der Waals surface area contributed by atoms with Gasteiger partial charge in [0.25, 0.3) is 0 Å². The molecule has 10 heavy (non-hydrogen) atoms. The third-order valence-corrected chi connectivity index (χ3v) is 1.74. The number of rotatable bonds is 3. The van der Waals surface area contributed by atoms with Gasteiger partial charge in [-0.2, -0.15) is 0 Å². The molecular weight excluding hydrogens is 132 g/mol. The first kappa shape index (κ1) is 9.84. The van der Waals surface area contributed by atoms with Crippen molar-refractivity contribution >= 4 is 0 Å². The molecule has 0 bridgehead atoms. The van der Waals surface area contributed by atoms with Gasteiger partial charge in [-0.3, -0.25) is 0 Å². The van der Waals surface area contributed by atoms with E-state index < -0.39 is 17.9 Å². The van der Waals surface area contributed by atoms with Crippen LogP contribution in [0.2, 0.25) is 0 Å². The number of nitrogens with two attached hydrogens (primary N) is 2. The Hall–Kier alpha value is -0.160. The van der Waals surface area contributed by atoms with Crippen LogP contribution in [0.15, 0.2) is 0 Å². The molecule has 0 spiro atoms. The van der Waals surface area contributed by atoms with Gasteiger partial charge in [-0.05, 0) is 13.3 Å². The van der Waals surface area contributed by atoms with Crippen LogP contribution in [0, 0.1) is 0 Å². The molecule has 6 N–H and O–H groups in total. The highest BCUT2D eigenvalue weighted by Gasteiger charge is 2.33. The van der Waals surface area contributed by atoms with Gasteiger partial charge in [0.05, 0.1) is 12.3 Å². The average molecular weight is 148 g/mol. The zero-order valence-electron chi connectivity index (χ0n) is 6.41. The second-order valence-corrected chi connectivity index (χ2v) is 2.68. The van der Waals surface area contributed by atoms with Crippen LogP contribution >= 0.6 is 0 Å². The summed E-state index contributed by atoms with van der Waals surface area (Å²) in [5.74, 6) is 0. The van der Waals surface area contributed by atoms with Crippen molar-refractivity contribution in [2.45, 2.75) is 38.1 Å². The molecule has 2 atom stereocenters. The summed E-state index contributed by atoms with van der Waals surface area (Å²) < 4.78 is 0. The molecule has 62 valence electrons. The van der Waals surface area contributed by atoms with Crippen molar-refractivity contribution in [2.24, 2.45) is 11.5 Å². The minimum atomic E-state index is -1.38. The molecule has 0 aliphatic heterocycles. The third kappa shape index (κ3) is 1.91. The van der Waals surface area contributed by atoms with E-state index in [0.717, 1.165) is 0 Å². The summed E-state index contributed by atoms with van der Waals surface area (Å²) in [5, 5.41) is 18.5. The molecule has 0 rings (SSSR count). The summed E-state index contributed by atoms with van der Waals surface area (Å²) in [4.78, 5) is 0. The first-order valence-corrected chi connectivity index (χ1v) is 3.34. The molecule has 4 heteroatoms. The van der Waals surface area contributed by atoms with Crippen LogP contribution in [-0.2, 0) is 0 Å². The fourth-order valence-corrected chi connectivity index (χ4v) is 0.635. The molecule has 0 aromatic heterocycles. The maximum absolute atomic E-state index is 9.36. The van der Waals surface area contributed by atoms with E-state index in [9.17, 15) is 5.11 Å². The minimum absolute atomic E-state index is 0.442. The van der Waals surface area contributed by atoms with Crippen molar-refractivity contribution in [3.05, 3.63) is 0 Å². The molecule has 0 saturated heterocycles. The van der Waals surface area contributed by atoms with Gasteiger partial charge in [-0.1, -0.05) is 6.92 Å². The van der Waals surface area contributed by atoms with E-state index in [1.165, 1.54) is 6.92 Å². The largest absolute Gasteiger partial charge is 0.390 e. The van der Waals surface area contributed by atoms with Gasteiger partial charge in [0, 0.05) is 0 Å². The molecule has 0 aromatic rings. The molecular formula is C6H16N2O2. The fraction of sp³-hybridized carbons (Fsp3) is 1.00. The fourth-order valence-electron chi connectivity index (χ4n) is 0.635. The van der Waals surface area contributed by atoms with Crippen molar-refractivity contribution in [1.29, 1.82) is 0 Å². The number of aliphatic hydroxyl groups excluding tert-OH is 1. The Morgan fingerprint density at radius 3 is 2.00 bits per heavy atom. The number of hydrogen-bond donors (Lipinski definition) is 4. The molecule has 0 radical (unpaired) electrons. The Bertz CT molecular complexity index is 104. The van der Waals surface area contributed by atoms with E-state index in [-0.39, 0.29) is 0 Å².